The molecule has 0 aliphatic heterocycles. The molecule has 1 fully saturated rings. The fourth-order valence-electron chi connectivity index (χ4n) is 1.32. The van der Waals surface area contributed by atoms with E-state index in [4.69, 9.17) is 0 Å². The Morgan fingerprint density at radius 2 is 2.33 bits per heavy atom. The van der Waals surface area contributed by atoms with Crippen LogP contribution in [0.5, 0.6) is 0 Å². The van der Waals surface area contributed by atoms with Gasteiger partial charge in [-0.25, -0.2) is 4.68 Å². The third-order valence-electron chi connectivity index (χ3n) is 2.24. The molecule has 0 amide bonds. The van der Waals surface area contributed by atoms with E-state index in [-0.39, 0.29) is 0 Å². The molecular formula is C9H17N5S. The Bertz CT molecular complexity index is 307. The first-order valence-electron chi connectivity index (χ1n) is 5.41. The number of thioether (sulfide) groups is 1. The monoisotopic (exact) mass is 227 g/mol. The Labute approximate surface area is 94.0 Å². The quantitative estimate of drug-likeness (QED) is 0.582. The van der Waals surface area contributed by atoms with Gasteiger partial charge in [-0.2, -0.15) is 0 Å². The molecule has 0 spiro atoms. The molecule has 0 radical (unpaired) electrons. The third kappa shape index (κ3) is 3.17. The smallest absolute Gasteiger partial charge is 0.209 e. The maximum Gasteiger partial charge on any atom is 0.209 e. The van der Waals surface area contributed by atoms with Crippen LogP contribution < -0.4 is 5.32 Å². The first-order valence-corrected chi connectivity index (χ1v) is 6.40. The van der Waals surface area contributed by atoms with Crippen molar-refractivity contribution in [1.29, 1.82) is 0 Å². The van der Waals surface area contributed by atoms with Gasteiger partial charge in [-0.15, -0.1) is 5.10 Å². The van der Waals surface area contributed by atoms with Crippen molar-refractivity contribution in [1.82, 2.24) is 25.5 Å². The molecule has 2 rings (SSSR count). The Hall–Kier alpha value is -0.620. The summed E-state index contributed by atoms with van der Waals surface area (Å²) in [4.78, 5) is 0. The van der Waals surface area contributed by atoms with Crippen LogP contribution in [-0.2, 0) is 0 Å². The zero-order valence-electron chi connectivity index (χ0n) is 9.18. The molecule has 84 valence electrons. The van der Waals surface area contributed by atoms with Crippen LogP contribution in [0.15, 0.2) is 5.16 Å². The van der Waals surface area contributed by atoms with Crippen LogP contribution in [0.4, 0.5) is 0 Å². The van der Waals surface area contributed by atoms with Gasteiger partial charge in [-0.3, -0.25) is 0 Å². The molecule has 1 aromatic heterocycles. The summed E-state index contributed by atoms with van der Waals surface area (Å²) < 4.78 is 1.96. The Balaban J connectivity index is 1.75. The maximum absolute atomic E-state index is 4.03. The van der Waals surface area contributed by atoms with Crippen LogP contribution in [0, 0.1) is 0 Å². The second-order valence-electron chi connectivity index (χ2n) is 4.09. The zero-order chi connectivity index (χ0) is 10.7. The zero-order valence-corrected chi connectivity index (χ0v) is 10.00. The standard InChI is InChI=1S/C9H17N5S/c1-7(2)10-5-6-15-9-11-12-13-14(9)8-3-4-8/h7-8,10H,3-6H2,1-2H3. The molecule has 0 bridgehead atoms. The van der Waals surface area contributed by atoms with Crippen LogP contribution in [0.2, 0.25) is 0 Å². The van der Waals surface area contributed by atoms with Crippen LogP contribution >= 0.6 is 11.8 Å². The van der Waals surface area contributed by atoms with Crippen molar-refractivity contribution < 1.29 is 0 Å². The highest BCUT2D eigenvalue weighted by Crippen LogP contribution is 2.36. The second kappa shape index (κ2) is 4.94. The minimum absolute atomic E-state index is 0.546. The molecule has 15 heavy (non-hydrogen) atoms. The summed E-state index contributed by atoms with van der Waals surface area (Å²) in [6.07, 6.45) is 2.45. The lowest BCUT2D eigenvalue weighted by Crippen LogP contribution is -2.25. The maximum atomic E-state index is 4.03. The molecule has 0 unspecified atom stereocenters. The topological polar surface area (TPSA) is 55.6 Å². The Kier molecular flexibility index (Phi) is 3.58. The first-order chi connectivity index (χ1) is 7.27. The van der Waals surface area contributed by atoms with E-state index in [1.54, 1.807) is 11.8 Å². The predicted molar refractivity (Wildman–Crippen MR) is 60.0 cm³/mol. The van der Waals surface area contributed by atoms with Gasteiger partial charge < -0.3 is 5.32 Å². The van der Waals surface area contributed by atoms with E-state index < -0.39 is 0 Å². The number of hydrogen-bond donors (Lipinski definition) is 1. The largest absolute Gasteiger partial charge is 0.314 e. The first kappa shape index (κ1) is 10.9. The second-order valence-corrected chi connectivity index (χ2v) is 5.16. The number of rotatable bonds is 6. The SMILES string of the molecule is CC(C)NCCSc1nnnn1C1CC1. The van der Waals surface area contributed by atoms with Gasteiger partial charge in [-0.1, -0.05) is 25.6 Å². The molecule has 1 aliphatic carbocycles. The molecule has 0 atom stereocenters. The minimum Gasteiger partial charge on any atom is -0.314 e. The van der Waals surface area contributed by atoms with E-state index in [0.29, 0.717) is 12.1 Å². The van der Waals surface area contributed by atoms with E-state index in [2.05, 4.69) is 34.7 Å². The van der Waals surface area contributed by atoms with Gasteiger partial charge in [-0.05, 0) is 23.3 Å². The summed E-state index contributed by atoms with van der Waals surface area (Å²) in [5.74, 6) is 1.02. The lowest BCUT2D eigenvalue weighted by Gasteiger charge is -2.06. The van der Waals surface area contributed by atoms with Crippen molar-refractivity contribution in [2.75, 3.05) is 12.3 Å². The van der Waals surface area contributed by atoms with Crippen LogP contribution in [0.3, 0.4) is 0 Å². The number of aromatic nitrogens is 4. The van der Waals surface area contributed by atoms with Crippen LogP contribution in [0.1, 0.15) is 32.7 Å². The predicted octanol–water partition coefficient (Wildman–Crippen LogP) is 1.10. The van der Waals surface area contributed by atoms with E-state index in [1.165, 1.54) is 12.8 Å². The average molecular weight is 227 g/mol. The Morgan fingerprint density at radius 1 is 1.53 bits per heavy atom. The van der Waals surface area contributed by atoms with E-state index in [1.807, 2.05) is 4.68 Å². The molecule has 0 aromatic carbocycles. The van der Waals surface area contributed by atoms with Crippen LogP contribution in [-0.4, -0.2) is 38.5 Å². The van der Waals surface area contributed by atoms with E-state index >= 15 is 0 Å². The molecule has 1 aromatic rings. The molecular weight excluding hydrogens is 210 g/mol. The van der Waals surface area contributed by atoms with Gasteiger partial charge in [0.1, 0.15) is 0 Å². The summed E-state index contributed by atoms with van der Waals surface area (Å²) in [7, 11) is 0. The number of tetrazole rings is 1. The number of nitrogens with zero attached hydrogens (tertiary/aromatic N) is 4. The summed E-state index contributed by atoms with van der Waals surface area (Å²) in [5, 5.41) is 16.1. The van der Waals surface area contributed by atoms with Crippen molar-refractivity contribution in [3.8, 4) is 0 Å². The van der Waals surface area contributed by atoms with Gasteiger partial charge >= 0.3 is 0 Å². The molecule has 1 aliphatic rings. The lowest BCUT2D eigenvalue weighted by molar-refractivity contribution is 0.564. The minimum atomic E-state index is 0.546. The number of nitrogens with one attached hydrogen (secondary N) is 1. The van der Waals surface area contributed by atoms with Crippen molar-refractivity contribution in [2.24, 2.45) is 0 Å². The van der Waals surface area contributed by atoms with Gasteiger partial charge in [0.15, 0.2) is 0 Å². The van der Waals surface area contributed by atoms with Crippen molar-refractivity contribution in [2.45, 2.75) is 43.9 Å². The lowest BCUT2D eigenvalue weighted by atomic mass is 10.4. The normalized spacial score (nSPS) is 16.2. The fraction of sp³-hybridized carbons (Fsp3) is 0.889. The summed E-state index contributed by atoms with van der Waals surface area (Å²) in [5.41, 5.74) is 0. The van der Waals surface area contributed by atoms with E-state index in [0.717, 1.165) is 17.5 Å². The summed E-state index contributed by atoms with van der Waals surface area (Å²) >= 11 is 1.73. The van der Waals surface area contributed by atoms with Crippen LogP contribution in [0.25, 0.3) is 0 Å². The third-order valence-corrected chi connectivity index (χ3v) is 3.18. The highest BCUT2D eigenvalue weighted by molar-refractivity contribution is 7.99. The van der Waals surface area contributed by atoms with Gasteiger partial charge in [0.05, 0.1) is 6.04 Å². The highest BCUT2D eigenvalue weighted by atomic mass is 32.2. The van der Waals surface area contributed by atoms with E-state index in [9.17, 15) is 0 Å². The molecule has 6 heteroatoms. The van der Waals surface area contributed by atoms with Crippen molar-refractivity contribution in [3.05, 3.63) is 0 Å². The highest BCUT2D eigenvalue weighted by Gasteiger charge is 2.27. The van der Waals surface area contributed by atoms with Gasteiger partial charge in [0.25, 0.3) is 0 Å². The molecule has 1 heterocycles. The molecule has 1 saturated carbocycles. The van der Waals surface area contributed by atoms with Gasteiger partial charge in [0, 0.05) is 18.3 Å². The fourth-order valence-corrected chi connectivity index (χ4v) is 2.13. The number of hydrogen-bond acceptors (Lipinski definition) is 5. The Morgan fingerprint density at radius 3 is 3.00 bits per heavy atom. The molecule has 5 nitrogen and oxygen atoms in total. The summed E-state index contributed by atoms with van der Waals surface area (Å²) in [6, 6.07) is 1.12. The van der Waals surface area contributed by atoms with Crippen molar-refractivity contribution >= 4 is 11.8 Å². The molecule has 1 N–H and O–H groups in total. The van der Waals surface area contributed by atoms with Crippen molar-refractivity contribution in [3.63, 3.8) is 0 Å². The summed E-state index contributed by atoms with van der Waals surface area (Å²) in [6.45, 7) is 5.30. The average Bonchev–Trinajstić information content (AvgIpc) is 2.93. The molecule has 0 saturated heterocycles. The van der Waals surface area contributed by atoms with Gasteiger partial charge in [0.2, 0.25) is 5.16 Å².